The average molecular weight is 395 g/mol. The minimum atomic E-state index is -4.49. The first-order valence-electron chi connectivity index (χ1n) is 9.36. The number of amides is 1. The second-order valence-corrected chi connectivity index (χ2v) is 6.97. The molecule has 2 aliphatic rings. The summed E-state index contributed by atoms with van der Waals surface area (Å²) in [6.45, 7) is 5.37. The number of fused-ring (bicyclic) bond motifs is 1. The van der Waals surface area contributed by atoms with Crippen LogP contribution in [0.5, 0.6) is 0 Å². The lowest BCUT2D eigenvalue weighted by Crippen LogP contribution is -2.45. The number of amidine groups is 1. The summed E-state index contributed by atoms with van der Waals surface area (Å²) < 4.78 is 39.5. The van der Waals surface area contributed by atoms with Crippen molar-refractivity contribution < 1.29 is 18.0 Å². The third-order valence-corrected chi connectivity index (χ3v) is 5.10. The number of nitrogens with zero attached hydrogens (tertiary/aromatic N) is 3. The zero-order chi connectivity index (χ0) is 20.5. The number of nitrogens with one attached hydrogen (secondary N) is 2. The lowest BCUT2D eigenvalue weighted by atomic mass is 10.00. The van der Waals surface area contributed by atoms with Gasteiger partial charge in [0.05, 0.1) is 23.5 Å². The molecule has 28 heavy (non-hydrogen) atoms. The molecule has 152 valence electrons. The van der Waals surface area contributed by atoms with Crippen LogP contribution in [-0.4, -0.2) is 47.8 Å². The maximum absolute atomic E-state index is 13.2. The lowest BCUT2D eigenvalue weighted by Gasteiger charge is -2.36. The van der Waals surface area contributed by atoms with Gasteiger partial charge in [0.15, 0.2) is 0 Å². The van der Waals surface area contributed by atoms with E-state index in [1.165, 1.54) is 6.92 Å². The van der Waals surface area contributed by atoms with Gasteiger partial charge in [0.1, 0.15) is 5.84 Å². The molecule has 0 radical (unpaired) electrons. The summed E-state index contributed by atoms with van der Waals surface area (Å²) in [7, 11) is 0. The summed E-state index contributed by atoms with van der Waals surface area (Å²) in [5.74, 6) is 0.0462. The van der Waals surface area contributed by atoms with E-state index in [-0.39, 0.29) is 18.3 Å². The van der Waals surface area contributed by atoms with Gasteiger partial charge in [-0.25, -0.2) is 0 Å². The molecule has 0 saturated heterocycles. The van der Waals surface area contributed by atoms with Crippen LogP contribution in [0.2, 0.25) is 0 Å². The van der Waals surface area contributed by atoms with Crippen molar-refractivity contribution in [1.82, 2.24) is 15.2 Å². The van der Waals surface area contributed by atoms with E-state index in [4.69, 9.17) is 5.41 Å². The van der Waals surface area contributed by atoms with Gasteiger partial charge >= 0.3 is 6.18 Å². The summed E-state index contributed by atoms with van der Waals surface area (Å²) in [6.07, 6.45) is -1.76. The van der Waals surface area contributed by atoms with E-state index >= 15 is 0 Å². The Morgan fingerprint density at radius 3 is 2.71 bits per heavy atom. The maximum atomic E-state index is 13.2. The highest BCUT2D eigenvalue weighted by Crippen LogP contribution is 2.35. The number of carbonyl (C=O) groups is 1. The topological polar surface area (TPSA) is 72.3 Å². The van der Waals surface area contributed by atoms with E-state index in [0.29, 0.717) is 55.9 Å². The first-order chi connectivity index (χ1) is 13.2. The van der Waals surface area contributed by atoms with Gasteiger partial charge in [0, 0.05) is 50.4 Å². The van der Waals surface area contributed by atoms with Gasteiger partial charge < -0.3 is 15.1 Å². The molecule has 3 rings (SSSR count). The first kappa shape index (κ1) is 20.2. The van der Waals surface area contributed by atoms with E-state index in [0.717, 1.165) is 18.0 Å². The molecule has 1 aromatic heterocycles. The molecule has 0 aliphatic carbocycles. The summed E-state index contributed by atoms with van der Waals surface area (Å²) in [4.78, 5) is 19.1. The van der Waals surface area contributed by atoms with Gasteiger partial charge in [0.2, 0.25) is 5.91 Å². The summed E-state index contributed by atoms with van der Waals surface area (Å²) in [5, 5.41) is 12.0. The molecule has 0 saturated carbocycles. The van der Waals surface area contributed by atoms with Crippen molar-refractivity contribution in [2.45, 2.75) is 39.3 Å². The monoisotopic (exact) mass is 395 g/mol. The van der Waals surface area contributed by atoms with Crippen LogP contribution in [-0.2, 0) is 17.4 Å². The predicted molar refractivity (Wildman–Crippen MR) is 100 cm³/mol. The molecule has 1 amide bonds. The van der Waals surface area contributed by atoms with Crippen molar-refractivity contribution in [2.75, 3.05) is 31.1 Å². The van der Waals surface area contributed by atoms with E-state index in [2.05, 4.69) is 10.3 Å². The fourth-order valence-corrected chi connectivity index (χ4v) is 3.64. The molecule has 0 bridgehead atoms. The van der Waals surface area contributed by atoms with Crippen LogP contribution < -0.4 is 10.2 Å². The van der Waals surface area contributed by atoms with Crippen LogP contribution in [0, 0.1) is 5.41 Å². The van der Waals surface area contributed by atoms with Crippen LogP contribution in [0.1, 0.15) is 37.9 Å². The second-order valence-electron chi connectivity index (χ2n) is 6.97. The Kier molecular flexibility index (Phi) is 5.62. The Bertz CT molecular complexity index is 818. The molecule has 0 aromatic carbocycles. The average Bonchev–Trinajstić information content (AvgIpc) is 2.66. The highest BCUT2D eigenvalue weighted by Gasteiger charge is 2.34. The second kappa shape index (κ2) is 7.81. The number of alkyl halides is 3. The van der Waals surface area contributed by atoms with Crippen molar-refractivity contribution in [2.24, 2.45) is 0 Å². The molecule has 2 aliphatic heterocycles. The molecule has 9 heteroatoms. The molecular formula is C19H24F3N5O. The molecular weight excluding hydrogens is 371 g/mol. The predicted octanol–water partition coefficient (Wildman–Crippen LogP) is 2.95. The van der Waals surface area contributed by atoms with E-state index in [1.54, 1.807) is 9.80 Å². The highest BCUT2D eigenvalue weighted by atomic mass is 19.4. The number of halogens is 3. The summed E-state index contributed by atoms with van der Waals surface area (Å²) >= 11 is 0. The van der Waals surface area contributed by atoms with Crippen LogP contribution in [0.4, 0.5) is 18.9 Å². The molecule has 0 spiro atoms. The van der Waals surface area contributed by atoms with Crippen molar-refractivity contribution in [1.29, 1.82) is 5.41 Å². The van der Waals surface area contributed by atoms with Gasteiger partial charge in [0.25, 0.3) is 0 Å². The standard InChI is InChI=1S/C19H24F3N5O/c1-3-24-15-6-8-26(12(2)28)11-14(15)18(23)27-7-4-5-16-17(27)9-13(10-25-16)19(20,21)22/h9-10,23-24H,3-8,11H2,1-2H3. The van der Waals surface area contributed by atoms with E-state index in [9.17, 15) is 18.0 Å². The minimum absolute atomic E-state index is 0.0825. The third kappa shape index (κ3) is 3.98. The van der Waals surface area contributed by atoms with Crippen molar-refractivity contribution in [3.63, 3.8) is 0 Å². The van der Waals surface area contributed by atoms with Gasteiger partial charge in [-0.3, -0.25) is 15.2 Å². The van der Waals surface area contributed by atoms with E-state index < -0.39 is 11.7 Å². The number of hydrogen-bond acceptors (Lipinski definition) is 4. The van der Waals surface area contributed by atoms with Crippen LogP contribution in [0.25, 0.3) is 0 Å². The van der Waals surface area contributed by atoms with Crippen molar-refractivity contribution in [3.05, 3.63) is 34.8 Å². The molecule has 2 N–H and O–H groups in total. The number of rotatable bonds is 3. The Balaban J connectivity index is 1.99. The summed E-state index contributed by atoms with van der Waals surface area (Å²) in [5.41, 5.74) is 1.59. The maximum Gasteiger partial charge on any atom is 0.417 e. The van der Waals surface area contributed by atoms with Crippen molar-refractivity contribution >= 4 is 17.4 Å². The molecule has 1 aromatic rings. The van der Waals surface area contributed by atoms with Gasteiger partial charge in [-0.2, -0.15) is 13.2 Å². The first-order valence-corrected chi connectivity index (χ1v) is 9.36. The highest BCUT2D eigenvalue weighted by molar-refractivity contribution is 6.09. The zero-order valence-corrected chi connectivity index (χ0v) is 16.0. The van der Waals surface area contributed by atoms with Crippen LogP contribution in [0.3, 0.4) is 0 Å². The fraction of sp³-hybridized carbons (Fsp3) is 0.526. The minimum Gasteiger partial charge on any atom is -0.388 e. The van der Waals surface area contributed by atoms with E-state index in [1.807, 2.05) is 6.92 Å². The molecule has 6 nitrogen and oxygen atoms in total. The fourth-order valence-electron chi connectivity index (χ4n) is 3.64. The molecule has 0 fully saturated rings. The Hall–Kier alpha value is -2.58. The smallest absolute Gasteiger partial charge is 0.388 e. The van der Waals surface area contributed by atoms with Gasteiger partial charge in [-0.15, -0.1) is 0 Å². The van der Waals surface area contributed by atoms with Crippen LogP contribution in [0.15, 0.2) is 23.5 Å². The Morgan fingerprint density at radius 2 is 2.07 bits per heavy atom. The Morgan fingerprint density at radius 1 is 1.32 bits per heavy atom. The largest absolute Gasteiger partial charge is 0.417 e. The molecule has 3 heterocycles. The lowest BCUT2D eigenvalue weighted by molar-refractivity contribution is -0.137. The number of pyridine rings is 1. The zero-order valence-electron chi connectivity index (χ0n) is 16.0. The van der Waals surface area contributed by atoms with Gasteiger partial charge in [-0.05, 0) is 25.8 Å². The number of aryl methyl sites for hydroxylation is 1. The normalized spacial score (nSPS) is 17.5. The van der Waals surface area contributed by atoms with Crippen LogP contribution >= 0.6 is 0 Å². The summed E-state index contributed by atoms with van der Waals surface area (Å²) in [6, 6.07) is 1.08. The quantitative estimate of drug-likeness (QED) is 0.610. The van der Waals surface area contributed by atoms with Crippen molar-refractivity contribution in [3.8, 4) is 0 Å². The number of carbonyl (C=O) groups excluding carboxylic acids is 1. The molecule has 0 unspecified atom stereocenters. The number of aromatic nitrogens is 1. The Labute approximate surface area is 161 Å². The number of anilines is 1. The third-order valence-electron chi connectivity index (χ3n) is 5.10. The number of hydrogen-bond donors (Lipinski definition) is 2. The SMILES string of the molecule is CCNC1=C(C(=N)N2CCCc3ncc(C(F)(F)F)cc32)CN(C(C)=O)CC1. The van der Waals surface area contributed by atoms with Gasteiger partial charge in [-0.1, -0.05) is 0 Å². The molecule has 0 atom stereocenters.